The molecule has 0 aliphatic rings. The molecule has 64 valence electrons. The first kappa shape index (κ1) is 8.89. The summed E-state index contributed by atoms with van der Waals surface area (Å²) in [4.78, 5) is 3.00. The van der Waals surface area contributed by atoms with Crippen LogP contribution < -0.4 is 5.32 Å². The summed E-state index contributed by atoms with van der Waals surface area (Å²) >= 11 is 0. The van der Waals surface area contributed by atoms with E-state index in [0.29, 0.717) is 0 Å². The Morgan fingerprint density at radius 3 is 3.08 bits per heavy atom. The minimum atomic E-state index is 0.194. The normalized spacial score (nSPS) is 12.3. The molecule has 1 heterocycles. The van der Waals surface area contributed by atoms with Gasteiger partial charge in [0.2, 0.25) is 0 Å². The van der Waals surface area contributed by atoms with E-state index in [1.807, 2.05) is 18.5 Å². The van der Waals surface area contributed by atoms with E-state index in [-0.39, 0.29) is 6.04 Å². The molecule has 1 aromatic heterocycles. The summed E-state index contributed by atoms with van der Waals surface area (Å²) in [7, 11) is 0. The first-order valence-corrected chi connectivity index (χ1v) is 4.18. The van der Waals surface area contributed by atoms with Gasteiger partial charge in [-0.3, -0.25) is 5.32 Å². The Hall–Kier alpha value is -1.20. The van der Waals surface area contributed by atoms with Crippen molar-refractivity contribution in [3.63, 3.8) is 0 Å². The van der Waals surface area contributed by atoms with Crippen LogP contribution in [-0.2, 0) is 6.54 Å². The van der Waals surface area contributed by atoms with Crippen LogP contribution in [0.3, 0.4) is 0 Å². The van der Waals surface area contributed by atoms with Crippen molar-refractivity contribution in [2.24, 2.45) is 0 Å². The van der Waals surface area contributed by atoms with E-state index >= 15 is 0 Å². The highest BCUT2D eigenvalue weighted by Gasteiger charge is 1.99. The topological polar surface area (TPSA) is 27.8 Å². The number of H-pyrrole nitrogens is 1. The molecule has 0 saturated carbocycles. The number of nitrogens with one attached hydrogen (secondary N) is 2. The van der Waals surface area contributed by atoms with Gasteiger partial charge in [-0.2, -0.15) is 0 Å². The standard InChI is InChI=1S/C10H14N2/c1-3-10(4-2)12-8-9-5-6-11-7-9/h1,5-7,10-12H,4,8H2,2H3. The van der Waals surface area contributed by atoms with Crippen LogP contribution >= 0.6 is 0 Å². The van der Waals surface area contributed by atoms with Gasteiger partial charge in [0.1, 0.15) is 0 Å². The van der Waals surface area contributed by atoms with Gasteiger partial charge in [-0.1, -0.05) is 12.8 Å². The van der Waals surface area contributed by atoms with Gasteiger partial charge in [-0.25, -0.2) is 0 Å². The molecule has 0 amide bonds. The van der Waals surface area contributed by atoms with Crippen LogP contribution in [0.2, 0.25) is 0 Å². The molecule has 1 rings (SSSR count). The van der Waals surface area contributed by atoms with Gasteiger partial charge in [-0.05, 0) is 18.1 Å². The predicted molar refractivity (Wildman–Crippen MR) is 50.5 cm³/mol. The van der Waals surface area contributed by atoms with E-state index in [2.05, 4.69) is 23.1 Å². The van der Waals surface area contributed by atoms with Gasteiger partial charge in [0.25, 0.3) is 0 Å². The van der Waals surface area contributed by atoms with Gasteiger partial charge >= 0.3 is 0 Å². The van der Waals surface area contributed by atoms with E-state index < -0.39 is 0 Å². The lowest BCUT2D eigenvalue weighted by Crippen LogP contribution is -2.25. The molecule has 12 heavy (non-hydrogen) atoms. The van der Waals surface area contributed by atoms with Crippen LogP contribution in [-0.4, -0.2) is 11.0 Å². The first-order valence-electron chi connectivity index (χ1n) is 4.18. The van der Waals surface area contributed by atoms with Gasteiger partial charge in [0.15, 0.2) is 0 Å². The van der Waals surface area contributed by atoms with Crippen LogP contribution in [0.25, 0.3) is 0 Å². The Kier molecular flexibility index (Phi) is 3.43. The van der Waals surface area contributed by atoms with E-state index in [1.54, 1.807) is 0 Å². The minimum Gasteiger partial charge on any atom is -0.367 e. The fraction of sp³-hybridized carbons (Fsp3) is 0.400. The van der Waals surface area contributed by atoms with Crippen molar-refractivity contribution in [1.82, 2.24) is 10.3 Å². The third-order valence-electron chi connectivity index (χ3n) is 1.82. The van der Waals surface area contributed by atoms with Crippen molar-refractivity contribution in [3.05, 3.63) is 24.0 Å². The SMILES string of the molecule is C#CC(CC)NCc1cc[nH]c1. The highest BCUT2D eigenvalue weighted by molar-refractivity contribution is 5.09. The number of aromatic amines is 1. The van der Waals surface area contributed by atoms with Crippen molar-refractivity contribution >= 4 is 0 Å². The van der Waals surface area contributed by atoms with Crippen LogP contribution in [0.5, 0.6) is 0 Å². The molecule has 0 bridgehead atoms. The van der Waals surface area contributed by atoms with Crippen LogP contribution in [0.15, 0.2) is 18.5 Å². The minimum absolute atomic E-state index is 0.194. The number of rotatable bonds is 4. The number of aromatic nitrogens is 1. The summed E-state index contributed by atoms with van der Waals surface area (Å²) in [6, 6.07) is 2.23. The summed E-state index contributed by atoms with van der Waals surface area (Å²) in [6.07, 6.45) is 10.2. The second-order valence-electron chi connectivity index (χ2n) is 2.73. The van der Waals surface area contributed by atoms with Crippen LogP contribution in [0.1, 0.15) is 18.9 Å². The average Bonchev–Trinajstić information content (AvgIpc) is 2.59. The number of hydrogen-bond acceptors (Lipinski definition) is 1. The first-order chi connectivity index (χ1) is 5.86. The average molecular weight is 162 g/mol. The summed E-state index contributed by atoms with van der Waals surface area (Å²) in [5.74, 6) is 2.69. The lowest BCUT2D eigenvalue weighted by atomic mass is 10.2. The third kappa shape index (κ3) is 2.44. The summed E-state index contributed by atoms with van der Waals surface area (Å²) in [5, 5.41) is 3.27. The maximum absolute atomic E-state index is 5.30. The number of hydrogen-bond donors (Lipinski definition) is 2. The number of terminal acetylenes is 1. The Morgan fingerprint density at radius 2 is 2.58 bits per heavy atom. The van der Waals surface area contributed by atoms with Crippen molar-refractivity contribution in [3.8, 4) is 12.3 Å². The lowest BCUT2D eigenvalue weighted by molar-refractivity contribution is 0.593. The second kappa shape index (κ2) is 4.63. The molecule has 1 atom stereocenters. The molecule has 0 aliphatic heterocycles. The smallest absolute Gasteiger partial charge is 0.0686 e. The summed E-state index contributed by atoms with van der Waals surface area (Å²) < 4.78 is 0. The fourth-order valence-electron chi connectivity index (χ4n) is 1.03. The molecule has 0 aliphatic carbocycles. The summed E-state index contributed by atoms with van der Waals surface area (Å²) in [5.41, 5.74) is 1.24. The zero-order valence-corrected chi connectivity index (χ0v) is 7.30. The Balaban J connectivity index is 2.31. The predicted octanol–water partition coefficient (Wildman–Crippen LogP) is 1.52. The molecule has 0 saturated heterocycles. The fourth-order valence-corrected chi connectivity index (χ4v) is 1.03. The Labute approximate surface area is 73.4 Å². The molecule has 0 spiro atoms. The largest absolute Gasteiger partial charge is 0.367 e. The molecule has 1 unspecified atom stereocenters. The Morgan fingerprint density at radius 1 is 1.75 bits per heavy atom. The molecular formula is C10H14N2. The zero-order chi connectivity index (χ0) is 8.81. The highest BCUT2D eigenvalue weighted by Crippen LogP contribution is 1.97. The maximum Gasteiger partial charge on any atom is 0.0686 e. The van der Waals surface area contributed by atoms with Crippen molar-refractivity contribution < 1.29 is 0 Å². The third-order valence-corrected chi connectivity index (χ3v) is 1.82. The quantitative estimate of drug-likeness (QED) is 0.645. The molecular weight excluding hydrogens is 148 g/mol. The van der Waals surface area contributed by atoms with Crippen LogP contribution in [0.4, 0.5) is 0 Å². The van der Waals surface area contributed by atoms with Gasteiger partial charge in [0, 0.05) is 18.9 Å². The molecule has 2 N–H and O–H groups in total. The molecule has 0 radical (unpaired) electrons. The maximum atomic E-state index is 5.30. The molecule has 1 aromatic rings. The lowest BCUT2D eigenvalue weighted by Gasteiger charge is -2.08. The molecule has 2 heteroatoms. The van der Waals surface area contributed by atoms with E-state index in [9.17, 15) is 0 Å². The molecule has 2 nitrogen and oxygen atoms in total. The van der Waals surface area contributed by atoms with Gasteiger partial charge < -0.3 is 4.98 Å². The second-order valence-corrected chi connectivity index (χ2v) is 2.73. The van der Waals surface area contributed by atoms with E-state index in [0.717, 1.165) is 13.0 Å². The van der Waals surface area contributed by atoms with Crippen molar-refractivity contribution in [2.75, 3.05) is 0 Å². The van der Waals surface area contributed by atoms with E-state index in [4.69, 9.17) is 6.42 Å². The summed E-state index contributed by atoms with van der Waals surface area (Å²) in [6.45, 7) is 2.92. The zero-order valence-electron chi connectivity index (χ0n) is 7.30. The molecule has 0 fully saturated rings. The molecule has 0 aromatic carbocycles. The highest BCUT2D eigenvalue weighted by atomic mass is 14.9. The van der Waals surface area contributed by atoms with Crippen molar-refractivity contribution in [1.29, 1.82) is 0 Å². The van der Waals surface area contributed by atoms with Gasteiger partial charge in [-0.15, -0.1) is 6.42 Å². The monoisotopic (exact) mass is 162 g/mol. The van der Waals surface area contributed by atoms with Crippen LogP contribution in [0, 0.1) is 12.3 Å². The Bertz CT molecular complexity index is 243. The van der Waals surface area contributed by atoms with Gasteiger partial charge in [0.05, 0.1) is 6.04 Å². The van der Waals surface area contributed by atoms with Crippen molar-refractivity contribution in [2.45, 2.75) is 25.9 Å². The van der Waals surface area contributed by atoms with E-state index in [1.165, 1.54) is 5.56 Å².